The third-order valence-corrected chi connectivity index (χ3v) is 2.69. The lowest BCUT2D eigenvalue weighted by molar-refractivity contribution is 0.187. The second kappa shape index (κ2) is 6.26. The Bertz CT molecular complexity index is 301. The van der Waals surface area contributed by atoms with Crippen LogP contribution in [0.5, 0.6) is 0 Å². The number of benzene rings is 1. The van der Waals surface area contributed by atoms with Gasteiger partial charge in [-0.25, -0.2) is 0 Å². The van der Waals surface area contributed by atoms with Gasteiger partial charge in [0.25, 0.3) is 0 Å². The Morgan fingerprint density at radius 1 is 1.40 bits per heavy atom. The average Bonchev–Trinajstić information content (AvgIpc) is 2.15. The molecule has 0 bridgehead atoms. The van der Waals surface area contributed by atoms with Crippen molar-refractivity contribution in [3.8, 4) is 0 Å². The first-order chi connectivity index (χ1) is 7.08. The van der Waals surface area contributed by atoms with E-state index < -0.39 is 0 Å². The molecule has 0 spiro atoms. The predicted octanol–water partition coefficient (Wildman–Crippen LogP) is 2.35. The fourth-order valence-corrected chi connectivity index (χ4v) is 1.91. The van der Waals surface area contributed by atoms with Gasteiger partial charge in [0.1, 0.15) is 0 Å². The monoisotopic (exact) mass is 271 g/mol. The highest BCUT2D eigenvalue weighted by Gasteiger charge is 2.04. The van der Waals surface area contributed by atoms with E-state index in [0.29, 0.717) is 12.6 Å². The summed E-state index contributed by atoms with van der Waals surface area (Å²) < 4.78 is 1.11. The third kappa shape index (κ3) is 5.30. The summed E-state index contributed by atoms with van der Waals surface area (Å²) in [6, 6.07) is 8.69. The van der Waals surface area contributed by atoms with Crippen molar-refractivity contribution in [2.45, 2.75) is 32.4 Å². The van der Waals surface area contributed by atoms with Crippen molar-refractivity contribution >= 4 is 15.9 Å². The summed E-state index contributed by atoms with van der Waals surface area (Å²) in [5.41, 5.74) is 1.30. The summed E-state index contributed by atoms with van der Waals surface area (Å²) in [5, 5.41) is 12.4. The Labute approximate surface area is 99.8 Å². The summed E-state index contributed by atoms with van der Waals surface area (Å²) in [7, 11) is 0. The minimum absolute atomic E-state index is 0.282. The predicted molar refractivity (Wildman–Crippen MR) is 67.0 cm³/mol. The van der Waals surface area contributed by atoms with Crippen LogP contribution >= 0.6 is 15.9 Å². The standard InChI is InChI=1S/C12H18BrNO/c1-9(14-8-10(2)15)6-11-4-3-5-12(13)7-11/h3-5,7,9-10,14-15H,6,8H2,1-2H3. The Balaban J connectivity index is 2.40. The molecule has 15 heavy (non-hydrogen) atoms. The molecule has 0 amide bonds. The van der Waals surface area contributed by atoms with Crippen LogP contribution in [-0.2, 0) is 6.42 Å². The van der Waals surface area contributed by atoms with Crippen LogP contribution in [0.15, 0.2) is 28.7 Å². The minimum Gasteiger partial charge on any atom is -0.392 e. The number of halogens is 1. The number of aliphatic hydroxyl groups excluding tert-OH is 1. The van der Waals surface area contributed by atoms with Gasteiger partial charge in [-0.15, -0.1) is 0 Å². The molecule has 0 aliphatic carbocycles. The summed E-state index contributed by atoms with van der Waals surface area (Å²) in [5.74, 6) is 0. The molecule has 84 valence electrons. The van der Waals surface area contributed by atoms with Gasteiger partial charge in [-0.1, -0.05) is 28.1 Å². The zero-order chi connectivity index (χ0) is 11.3. The molecule has 3 heteroatoms. The van der Waals surface area contributed by atoms with Gasteiger partial charge in [0.2, 0.25) is 0 Å². The second-order valence-electron chi connectivity index (χ2n) is 3.99. The van der Waals surface area contributed by atoms with Crippen LogP contribution in [0.1, 0.15) is 19.4 Å². The maximum absolute atomic E-state index is 9.14. The van der Waals surface area contributed by atoms with E-state index in [-0.39, 0.29) is 6.10 Å². The van der Waals surface area contributed by atoms with E-state index in [9.17, 15) is 0 Å². The summed E-state index contributed by atoms with van der Waals surface area (Å²) in [4.78, 5) is 0. The zero-order valence-electron chi connectivity index (χ0n) is 9.20. The quantitative estimate of drug-likeness (QED) is 0.862. The second-order valence-corrected chi connectivity index (χ2v) is 4.91. The maximum Gasteiger partial charge on any atom is 0.0636 e. The van der Waals surface area contributed by atoms with Gasteiger partial charge in [-0.2, -0.15) is 0 Å². The van der Waals surface area contributed by atoms with Crippen molar-refractivity contribution in [2.24, 2.45) is 0 Å². The fraction of sp³-hybridized carbons (Fsp3) is 0.500. The third-order valence-electron chi connectivity index (χ3n) is 2.19. The molecule has 2 atom stereocenters. The Morgan fingerprint density at radius 2 is 2.13 bits per heavy atom. The van der Waals surface area contributed by atoms with E-state index in [1.807, 2.05) is 12.1 Å². The van der Waals surface area contributed by atoms with Crippen molar-refractivity contribution in [2.75, 3.05) is 6.54 Å². The molecule has 2 nitrogen and oxygen atoms in total. The van der Waals surface area contributed by atoms with Crippen molar-refractivity contribution in [3.05, 3.63) is 34.3 Å². The van der Waals surface area contributed by atoms with Gasteiger partial charge in [0.05, 0.1) is 6.10 Å². The highest BCUT2D eigenvalue weighted by molar-refractivity contribution is 9.10. The summed E-state index contributed by atoms with van der Waals surface area (Å²) in [6.45, 7) is 4.57. The minimum atomic E-state index is -0.282. The van der Waals surface area contributed by atoms with E-state index in [1.165, 1.54) is 5.56 Å². The number of hydrogen-bond donors (Lipinski definition) is 2. The summed E-state index contributed by atoms with van der Waals surface area (Å²) >= 11 is 3.45. The van der Waals surface area contributed by atoms with Crippen molar-refractivity contribution in [1.29, 1.82) is 0 Å². The van der Waals surface area contributed by atoms with Crippen LogP contribution < -0.4 is 5.32 Å². The molecule has 0 saturated carbocycles. The lowest BCUT2D eigenvalue weighted by Crippen LogP contribution is -2.33. The van der Waals surface area contributed by atoms with Crippen molar-refractivity contribution in [3.63, 3.8) is 0 Å². The van der Waals surface area contributed by atoms with E-state index in [4.69, 9.17) is 5.11 Å². The molecule has 1 aromatic carbocycles. The topological polar surface area (TPSA) is 32.3 Å². The maximum atomic E-state index is 9.14. The number of rotatable bonds is 5. The largest absolute Gasteiger partial charge is 0.392 e. The molecule has 0 radical (unpaired) electrons. The van der Waals surface area contributed by atoms with E-state index in [2.05, 4.69) is 40.3 Å². The van der Waals surface area contributed by atoms with Crippen LogP contribution in [0, 0.1) is 0 Å². The van der Waals surface area contributed by atoms with E-state index >= 15 is 0 Å². The highest BCUT2D eigenvalue weighted by Crippen LogP contribution is 2.12. The van der Waals surface area contributed by atoms with Gasteiger partial charge in [-0.05, 0) is 38.0 Å². The first-order valence-corrected chi connectivity index (χ1v) is 6.03. The van der Waals surface area contributed by atoms with Crippen molar-refractivity contribution in [1.82, 2.24) is 5.32 Å². The van der Waals surface area contributed by atoms with Gasteiger partial charge >= 0.3 is 0 Å². The van der Waals surface area contributed by atoms with Crippen LogP contribution in [0.4, 0.5) is 0 Å². The van der Waals surface area contributed by atoms with Crippen LogP contribution in [0.3, 0.4) is 0 Å². The molecular formula is C12H18BrNO. The smallest absolute Gasteiger partial charge is 0.0636 e. The SMILES string of the molecule is CC(O)CNC(C)Cc1cccc(Br)c1. The van der Waals surface area contributed by atoms with Crippen LogP contribution in [-0.4, -0.2) is 23.8 Å². The molecule has 0 aliphatic rings. The first kappa shape index (κ1) is 12.7. The molecule has 0 saturated heterocycles. The van der Waals surface area contributed by atoms with Crippen molar-refractivity contribution < 1.29 is 5.11 Å². The molecule has 2 unspecified atom stereocenters. The molecule has 1 aromatic rings. The Morgan fingerprint density at radius 3 is 2.73 bits per heavy atom. The van der Waals surface area contributed by atoms with Crippen LogP contribution in [0.25, 0.3) is 0 Å². The number of aliphatic hydroxyl groups is 1. The highest BCUT2D eigenvalue weighted by atomic mass is 79.9. The fourth-order valence-electron chi connectivity index (χ4n) is 1.46. The number of nitrogens with one attached hydrogen (secondary N) is 1. The Kier molecular flexibility index (Phi) is 5.29. The zero-order valence-corrected chi connectivity index (χ0v) is 10.8. The molecule has 0 aromatic heterocycles. The normalized spacial score (nSPS) is 14.9. The van der Waals surface area contributed by atoms with E-state index in [0.717, 1.165) is 10.9 Å². The van der Waals surface area contributed by atoms with Gasteiger partial charge in [0.15, 0.2) is 0 Å². The van der Waals surface area contributed by atoms with Gasteiger partial charge < -0.3 is 10.4 Å². The lowest BCUT2D eigenvalue weighted by Gasteiger charge is -2.15. The first-order valence-electron chi connectivity index (χ1n) is 5.24. The van der Waals surface area contributed by atoms with Gasteiger partial charge in [0, 0.05) is 17.1 Å². The Hall–Kier alpha value is -0.380. The lowest BCUT2D eigenvalue weighted by atomic mass is 10.1. The van der Waals surface area contributed by atoms with Gasteiger partial charge in [-0.3, -0.25) is 0 Å². The molecule has 2 N–H and O–H groups in total. The number of hydrogen-bond acceptors (Lipinski definition) is 2. The average molecular weight is 272 g/mol. The van der Waals surface area contributed by atoms with E-state index in [1.54, 1.807) is 6.92 Å². The summed E-state index contributed by atoms with van der Waals surface area (Å²) in [6.07, 6.45) is 0.696. The molecule has 0 aliphatic heterocycles. The molecule has 1 rings (SSSR count). The molecule has 0 fully saturated rings. The van der Waals surface area contributed by atoms with Crippen LogP contribution in [0.2, 0.25) is 0 Å². The molecule has 0 heterocycles. The molecular weight excluding hydrogens is 254 g/mol.